The molecule has 0 radical (unpaired) electrons. The lowest BCUT2D eigenvalue weighted by Crippen LogP contribution is -1.87. The van der Waals surface area contributed by atoms with Crippen LogP contribution in [0.5, 0.6) is 0 Å². The van der Waals surface area contributed by atoms with Gasteiger partial charge in [0.15, 0.2) is 5.82 Å². The van der Waals surface area contributed by atoms with Gasteiger partial charge >= 0.3 is 0 Å². The number of fused-ring (bicyclic) bond motifs is 1. The van der Waals surface area contributed by atoms with Crippen LogP contribution in [0.3, 0.4) is 0 Å². The number of hydrogen-bond donors (Lipinski definition) is 2. The van der Waals surface area contributed by atoms with Gasteiger partial charge in [0.1, 0.15) is 11.3 Å². The van der Waals surface area contributed by atoms with Crippen molar-refractivity contribution >= 4 is 32.7 Å². The quantitative estimate of drug-likeness (QED) is 0.673. The van der Waals surface area contributed by atoms with Gasteiger partial charge in [0.2, 0.25) is 0 Å². The van der Waals surface area contributed by atoms with Gasteiger partial charge in [0, 0.05) is 15.7 Å². The molecule has 0 bridgehead atoms. The predicted molar refractivity (Wildman–Crippen MR) is 73.6 cm³/mol. The second-order valence-electron chi connectivity index (χ2n) is 3.96. The molecule has 1 heterocycles. The standard InChI is InChI=1S/C13H9BrFN3/c14-8-6-7(4-5-10(8)16)13-17-11-3-1-2-9(15)12(11)18-13/h1-6H,16H2,(H,17,18). The monoisotopic (exact) mass is 305 g/mol. The first-order valence-corrected chi connectivity index (χ1v) is 6.14. The number of anilines is 1. The van der Waals surface area contributed by atoms with Crippen molar-refractivity contribution in [3.05, 3.63) is 46.7 Å². The molecule has 2 aromatic carbocycles. The van der Waals surface area contributed by atoms with Gasteiger partial charge in [-0.15, -0.1) is 0 Å². The van der Waals surface area contributed by atoms with Crippen molar-refractivity contribution in [2.24, 2.45) is 0 Å². The summed E-state index contributed by atoms with van der Waals surface area (Å²) in [6.45, 7) is 0. The molecule has 5 heteroatoms. The van der Waals surface area contributed by atoms with Gasteiger partial charge in [0.25, 0.3) is 0 Å². The number of nitrogens with two attached hydrogens (primary N) is 1. The van der Waals surface area contributed by atoms with Crippen LogP contribution in [0.15, 0.2) is 40.9 Å². The Morgan fingerprint density at radius 1 is 1.22 bits per heavy atom. The van der Waals surface area contributed by atoms with E-state index in [0.717, 1.165) is 10.0 Å². The summed E-state index contributed by atoms with van der Waals surface area (Å²) >= 11 is 3.36. The normalized spacial score (nSPS) is 11.0. The highest BCUT2D eigenvalue weighted by molar-refractivity contribution is 9.10. The first-order valence-electron chi connectivity index (χ1n) is 5.35. The maximum absolute atomic E-state index is 13.5. The third-order valence-electron chi connectivity index (χ3n) is 2.74. The van der Waals surface area contributed by atoms with Gasteiger partial charge in [-0.1, -0.05) is 6.07 Å². The molecular weight excluding hydrogens is 297 g/mol. The molecule has 0 aliphatic heterocycles. The summed E-state index contributed by atoms with van der Waals surface area (Å²) in [5.41, 5.74) is 8.26. The highest BCUT2D eigenvalue weighted by Crippen LogP contribution is 2.27. The Balaban J connectivity index is 2.19. The lowest BCUT2D eigenvalue weighted by molar-refractivity contribution is 0.637. The average Bonchev–Trinajstić information content (AvgIpc) is 2.78. The SMILES string of the molecule is Nc1ccc(-c2nc3c(F)cccc3[nH]2)cc1Br. The largest absolute Gasteiger partial charge is 0.398 e. The molecular formula is C13H9BrFN3. The zero-order valence-electron chi connectivity index (χ0n) is 9.24. The summed E-state index contributed by atoms with van der Waals surface area (Å²) in [6.07, 6.45) is 0. The molecule has 0 saturated carbocycles. The van der Waals surface area contributed by atoms with Gasteiger partial charge in [-0.05, 0) is 46.3 Å². The molecule has 0 amide bonds. The number of aromatic nitrogens is 2. The molecule has 0 fully saturated rings. The summed E-state index contributed by atoms with van der Waals surface area (Å²) < 4.78 is 14.3. The third kappa shape index (κ3) is 1.76. The molecule has 18 heavy (non-hydrogen) atoms. The molecule has 0 aliphatic rings. The van der Waals surface area contributed by atoms with Gasteiger partial charge in [-0.25, -0.2) is 9.37 Å². The van der Waals surface area contributed by atoms with Crippen LogP contribution in [0.2, 0.25) is 0 Å². The van der Waals surface area contributed by atoms with E-state index in [9.17, 15) is 4.39 Å². The fourth-order valence-corrected chi connectivity index (χ4v) is 2.19. The topological polar surface area (TPSA) is 54.7 Å². The predicted octanol–water partition coefficient (Wildman–Crippen LogP) is 3.71. The molecule has 3 rings (SSSR count). The Kier molecular flexibility index (Phi) is 2.56. The molecule has 3 N–H and O–H groups in total. The fraction of sp³-hybridized carbons (Fsp3) is 0. The second kappa shape index (κ2) is 4.10. The highest BCUT2D eigenvalue weighted by Gasteiger charge is 2.09. The van der Waals surface area contributed by atoms with Gasteiger partial charge < -0.3 is 10.7 Å². The van der Waals surface area contributed by atoms with Gasteiger partial charge in [-0.2, -0.15) is 0 Å². The average molecular weight is 306 g/mol. The van der Waals surface area contributed by atoms with Crippen molar-refractivity contribution in [2.45, 2.75) is 0 Å². The number of benzene rings is 2. The molecule has 90 valence electrons. The number of H-pyrrole nitrogens is 1. The number of aromatic amines is 1. The molecule has 0 atom stereocenters. The first-order chi connectivity index (χ1) is 8.65. The third-order valence-corrected chi connectivity index (χ3v) is 3.42. The summed E-state index contributed by atoms with van der Waals surface area (Å²) in [4.78, 5) is 7.35. The van der Waals surface area contributed by atoms with Crippen molar-refractivity contribution in [3.63, 3.8) is 0 Å². The minimum absolute atomic E-state index is 0.329. The maximum Gasteiger partial charge on any atom is 0.151 e. The number of imidazole rings is 1. The Labute approximate surface area is 111 Å². The van der Waals surface area contributed by atoms with E-state index in [0.29, 0.717) is 22.5 Å². The number of halogens is 2. The zero-order chi connectivity index (χ0) is 12.7. The van der Waals surface area contributed by atoms with Crippen LogP contribution in [0.1, 0.15) is 0 Å². The fourth-order valence-electron chi connectivity index (χ4n) is 1.81. The van der Waals surface area contributed by atoms with E-state index in [1.54, 1.807) is 18.2 Å². The lowest BCUT2D eigenvalue weighted by Gasteiger charge is -2.00. The van der Waals surface area contributed by atoms with Crippen LogP contribution in [0, 0.1) is 5.82 Å². The molecule has 1 aromatic heterocycles. The highest BCUT2D eigenvalue weighted by atomic mass is 79.9. The van der Waals surface area contributed by atoms with Crippen molar-refractivity contribution in [2.75, 3.05) is 5.73 Å². The zero-order valence-corrected chi connectivity index (χ0v) is 10.8. The van der Waals surface area contributed by atoms with Crippen molar-refractivity contribution in [1.82, 2.24) is 9.97 Å². The lowest BCUT2D eigenvalue weighted by atomic mass is 10.2. The molecule has 3 nitrogen and oxygen atoms in total. The van der Waals surface area contributed by atoms with Gasteiger partial charge in [0.05, 0.1) is 5.52 Å². The van der Waals surface area contributed by atoms with E-state index >= 15 is 0 Å². The van der Waals surface area contributed by atoms with Crippen LogP contribution in [0.4, 0.5) is 10.1 Å². The smallest absolute Gasteiger partial charge is 0.151 e. The summed E-state index contributed by atoms with van der Waals surface area (Å²) in [5.74, 6) is 0.292. The number of hydrogen-bond acceptors (Lipinski definition) is 2. The van der Waals surface area contributed by atoms with E-state index < -0.39 is 0 Å². The van der Waals surface area contributed by atoms with Crippen LogP contribution in [-0.2, 0) is 0 Å². The van der Waals surface area contributed by atoms with E-state index in [1.807, 2.05) is 12.1 Å². The minimum Gasteiger partial charge on any atom is -0.398 e. The van der Waals surface area contributed by atoms with E-state index in [-0.39, 0.29) is 5.82 Å². The second-order valence-corrected chi connectivity index (χ2v) is 4.81. The maximum atomic E-state index is 13.5. The summed E-state index contributed by atoms with van der Waals surface area (Å²) in [7, 11) is 0. The number of nitrogens with zero attached hydrogens (tertiary/aromatic N) is 1. The minimum atomic E-state index is -0.329. The number of nitrogens with one attached hydrogen (secondary N) is 1. The van der Waals surface area contributed by atoms with Gasteiger partial charge in [-0.3, -0.25) is 0 Å². The van der Waals surface area contributed by atoms with Crippen molar-refractivity contribution < 1.29 is 4.39 Å². The Morgan fingerprint density at radius 3 is 2.78 bits per heavy atom. The van der Waals surface area contributed by atoms with Crippen LogP contribution in [-0.4, -0.2) is 9.97 Å². The molecule has 0 aliphatic carbocycles. The Bertz CT molecular complexity index is 736. The van der Waals surface area contributed by atoms with Crippen LogP contribution < -0.4 is 5.73 Å². The molecule has 3 aromatic rings. The number of nitrogen functional groups attached to an aromatic ring is 1. The Morgan fingerprint density at radius 2 is 2.06 bits per heavy atom. The first kappa shape index (κ1) is 11.2. The van der Waals surface area contributed by atoms with E-state index in [1.165, 1.54) is 6.07 Å². The van der Waals surface area contributed by atoms with Crippen LogP contribution in [0.25, 0.3) is 22.4 Å². The Hall–Kier alpha value is -1.88. The summed E-state index contributed by atoms with van der Waals surface area (Å²) in [5, 5.41) is 0. The van der Waals surface area contributed by atoms with E-state index in [4.69, 9.17) is 5.73 Å². The number of para-hydroxylation sites is 1. The summed E-state index contributed by atoms with van der Waals surface area (Å²) in [6, 6.07) is 10.3. The van der Waals surface area contributed by atoms with Crippen LogP contribution >= 0.6 is 15.9 Å². The van der Waals surface area contributed by atoms with E-state index in [2.05, 4.69) is 25.9 Å². The molecule has 0 spiro atoms. The molecule has 0 unspecified atom stereocenters. The molecule has 0 saturated heterocycles. The van der Waals surface area contributed by atoms with Crippen molar-refractivity contribution in [1.29, 1.82) is 0 Å². The van der Waals surface area contributed by atoms with Crippen molar-refractivity contribution in [3.8, 4) is 11.4 Å². The number of rotatable bonds is 1.